The fourth-order valence-corrected chi connectivity index (χ4v) is 2.94. The lowest BCUT2D eigenvalue weighted by atomic mass is 9.91. The van der Waals surface area contributed by atoms with Gasteiger partial charge < -0.3 is 15.2 Å². The van der Waals surface area contributed by atoms with Gasteiger partial charge in [-0.3, -0.25) is 10.1 Å². The zero-order valence-electron chi connectivity index (χ0n) is 10.9. The molecule has 6 nitrogen and oxygen atoms in total. The van der Waals surface area contributed by atoms with Gasteiger partial charge in [-0.25, -0.2) is 0 Å². The topological polar surface area (TPSA) is 87.6 Å². The Hall–Kier alpha value is -1.53. The van der Waals surface area contributed by atoms with Gasteiger partial charge in [-0.1, -0.05) is 12.8 Å². The van der Waals surface area contributed by atoms with E-state index in [0.29, 0.717) is 23.0 Å². The van der Waals surface area contributed by atoms with E-state index in [1.807, 2.05) is 0 Å². The maximum absolute atomic E-state index is 11.2. The van der Waals surface area contributed by atoms with Crippen molar-refractivity contribution in [3.63, 3.8) is 0 Å². The second-order valence-electron chi connectivity index (χ2n) is 5.09. The molecule has 0 aromatic heterocycles. The predicted molar refractivity (Wildman–Crippen MR) is 75.4 cm³/mol. The molecule has 20 heavy (non-hydrogen) atoms. The molecule has 1 fully saturated rings. The van der Waals surface area contributed by atoms with Gasteiger partial charge in [-0.15, -0.1) is 12.4 Å². The second-order valence-corrected chi connectivity index (χ2v) is 5.09. The number of fused-ring (bicyclic) bond motifs is 1. The van der Waals surface area contributed by atoms with Gasteiger partial charge in [0, 0.05) is 6.04 Å². The summed E-state index contributed by atoms with van der Waals surface area (Å²) in [5, 5.41) is 11.2. The first kappa shape index (κ1) is 14.9. The molecular weight excluding hydrogens is 284 g/mol. The van der Waals surface area contributed by atoms with Crippen LogP contribution in [0.25, 0.3) is 0 Å². The standard InChI is InChI=1S/C13H16N2O4.ClH/c14-13(8-3-1-2-4-8)9-5-11-12(19-7-18-11)6-10(9)15(16)17;/h5-6,8,13H,1-4,7,14H2;1H/t13-;/m1./s1. The van der Waals surface area contributed by atoms with Gasteiger partial charge in [0.05, 0.1) is 16.6 Å². The quantitative estimate of drug-likeness (QED) is 0.685. The average molecular weight is 301 g/mol. The first-order valence-corrected chi connectivity index (χ1v) is 6.50. The van der Waals surface area contributed by atoms with Gasteiger partial charge in [0.15, 0.2) is 11.5 Å². The molecule has 0 spiro atoms. The Morgan fingerprint density at radius 1 is 1.25 bits per heavy atom. The highest BCUT2D eigenvalue weighted by Crippen LogP contribution is 2.43. The summed E-state index contributed by atoms with van der Waals surface area (Å²) in [6.45, 7) is 0.106. The Labute approximate surface area is 122 Å². The van der Waals surface area contributed by atoms with Crippen molar-refractivity contribution in [2.45, 2.75) is 31.7 Å². The van der Waals surface area contributed by atoms with Gasteiger partial charge in [0.25, 0.3) is 5.69 Å². The zero-order valence-corrected chi connectivity index (χ0v) is 11.7. The molecule has 1 aromatic rings. The van der Waals surface area contributed by atoms with Crippen molar-refractivity contribution in [1.29, 1.82) is 0 Å². The summed E-state index contributed by atoms with van der Waals surface area (Å²) in [6.07, 6.45) is 4.37. The van der Waals surface area contributed by atoms with E-state index in [2.05, 4.69) is 0 Å². The summed E-state index contributed by atoms with van der Waals surface area (Å²) in [5.41, 5.74) is 6.82. The van der Waals surface area contributed by atoms with E-state index in [-0.39, 0.29) is 30.9 Å². The maximum atomic E-state index is 11.2. The van der Waals surface area contributed by atoms with Crippen LogP contribution in [0.15, 0.2) is 12.1 Å². The van der Waals surface area contributed by atoms with Crippen molar-refractivity contribution in [2.75, 3.05) is 6.79 Å². The number of hydrogen-bond donors (Lipinski definition) is 1. The molecule has 7 heteroatoms. The monoisotopic (exact) mass is 300 g/mol. The third kappa shape index (κ3) is 2.53. The molecule has 1 heterocycles. The highest BCUT2D eigenvalue weighted by Gasteiger charge is 2.31. The summed E-state index contributed by atoms with van der Waals surface area (Å²) in [4.78, 5) is 10.8. The third-order valence-corrected chi connectivity index (χ3v) is 3.99. The van der Waals surface area contributed by atoms with E-state index in [9.17, 15) is 10.1 Å². The van der Waals surface area contributed by atoms with E-state index >= 15 is 0 Å². The van der Waals surface area contributed by atoms with Crippen LogP contribution in [0.2, 0.25) is 0 Å². The molecule has 0 unspecified atom stereocenters. The Morgan fingerprint density at radius 3 is 2.45 bits per heavy atom. The van der Waals surface area contributed by atoms with Crippen molar-refractivity contribution in [3.8, 4) is 11.5 Å². The number of nitro groups is 1. The molecule has 0 bridgehead atoms. The molecule has 1 aliphatic carbocycles. The van der Waals surface area contributed by atoms with Gasteiger partial charge in [-0.2, -0.15) is 0 Å². The smallest absolute Gasteiger partial charge is 0.278 e. The van der Waals surface area contributed by atoms with Crippen LogP contribution in [0.1, 0.15) is 37.3 Å². The number of nitrogens with two attached hydrogens (primary N) is 1. The number of nitrogens with zero attached hydrogens (tertiary/aromatic N) is 1. The summed E-state index contributed by atoms with van der Waals surface area (Å²) >= 11 is 0. The summed E-state index contributed by atoms with van der Waals surface area (Å²) in [7, 11) is 0. The molecule has 1 aromatic carbocycles. The number of nitro benzene ring substituents is 1. The SMILES string of the molecule is Cl.N[C@@H](c1cc2c(cc1[N+](=O)[O-])OCO2)C1CCCC1. The van der Waals surface area contributed by atoms with Crippen LogP contribution in [0.5, 0.6) is 11.5 Å². The number of rotatable bonds is 3. The van der Waals surface area contributed by atoms with Crippen molar-refractivity contribution < 1.29 is 14.4 Å². The van der Waals surface area contributed by atoms with Crippen LogP contribution < -0.4 is 15.2 Å². The van der Waals surface area contributed by atoms with Crippen molar-refractivity contribution in [2.24, 2.45) is 11.7 Å². The molecule has 2 N–H and O–H groups in total. The second kappa shape index (κ2) is 5.85. The van der Waals surface area contributed by atoms with Crippen LogP contribution in [0.4, 0.5) is 5.69 Å². The van der Waals surface area contributed by atoms with E-state index in [4.69, 9.17) is 15.2 Å². The Morgan fingerprint density at radius 2 is 1.85 bits per heavy atom. The summed E-state index contributed by atoms with van der Waals surface area (Å²) in [5.74, 6) is 1.29. The highest BCUT2D eigenvalue weighted by molar-refractivity contribution is 5.85. The van der Waals surface area contributed by atoms with Crippen LogP contribution in [-0.2, 0) is 0 Å². The third-order valence-electron chi connectivity index (χ3n) is 3.99. The number of halogens is 1. The molecule has 1 saturated carbocycles. The predicted octanol–water partition coefficient (Wildman–Crippen LogP) is 2.94. The lowest BCUT2D eigenvalue weighted by Crippen LogP contribution is -2.20. The molecule has 1 atom stereocenters. The Bertz CT molecular complexity index is 517. The van der Waals surface area contributed by atoms with Gasteiger partial charge in [0.2, 0.25) is 6.79 Å². The van der Waals surface area contributed by atoms with Gasteiger partial charge in [-0.05, 0) is 24.8 Å². The molecule has 3 rings (SSSR count). The first-order chi connectivity index (χ1) is 9.16. The Balaban J connectivity index is 0.00000147. The van der Waals surface area contributed by atoms with Crippen molar-refractivity contribution in [1.82, 2.24) is 0 Å². The van der Waals surface area contributed by atoms with Crippen LogP contribution in [0.3, 0.4) is 0 Å². The van der Waals surface area contributed by atoms with Crippen LogP contribution in [0, 0.1) is 16.0 Å². The minimum Gasteiger partial charge on any atom is -0.454 e. The van der Waals surface area contributed by atoms with Crippen LogP contribution >= 0.6 is 12.4 Å². The lowest BCUT2D eigenvalue weighted by molar-refractivity contribution is -0.385. The lowest BCUT2D eigenvalue weighted by Gasteiger charge is -2.19. The average Bonchev–Trinajstić information content (AvgIpc) is 3.06. The van der Waals surface area contributed by atoms with Crippen molar-refractivity contribution in [3.05, 3.63) is 27.8 Å². The van der Waals surface area contributed by atoms with E-state index in [1.54, 1.807) is 6.07 Å². The zero-order chi connectivity index (χ0) is 13.4. The molecule has 2 aliphatic rings. The van der Waals surface area contributed by atoms with Crippen LogP contribution in [-0.4, -0.2) is 11.7 Å². The molecule has 0 amide bonds. The fraction of sp³-hybridized carbons (Fsp3) is 0.538. The largest absolute Gasteiger partial charge is 0.454 e. The highest BCUT2D eigenvalue weighted by atomic mass is 35.5. The summed E-state index contributed by atoms with van der Waals surface area (Å²) in [6, 6.07) is 2.79. The normalized spacial score (nSPS) is 18.6. The summed E-state index contributed by atoms with van der Waals surface area (Å²) < 4.78 is 10.5. The number of benzene rings is 1. The van der Waals surface area contributed by atoms with Gasteiger partial charge in [0.1, 0.15) is 0 Å². The number of ether oxygens (including phenoxy) is 2. The Kier molecular flexibility index (Phi) is 4.35. The fourth-order valence-electron chi connectivity index (χ4n) is 2.94. The minimum atomic E-state index is -0.397. The van der Waals surface area contributed by atoms with Gasteiger partial charge >= 0.3 is 0 Å². The molecule has 0 saturated heterocycles. The first-order valence-electron chi connectivity index (χ1n) is 6.50. The van der Waals surface area contributed by atoms with Crippen molar-refractivity contribution >= 4 is 18.1 Å². The van der Waals surface area contributed by atoms with E-state index in [0.717, 1.165) is 25.7 Å². The molecular formula is C13H17ClN2O4. The molecule has 110 valence electrons. The van der Waals surface area contributed by atoms with E-state index in [1.165, 1.54) is 6.07 Å². The number of hydrogen-bond acceptors (Lipinski definition) is 5. The molecule has 0 radical (unpaired) electrons. The minimum absolute atomic E-state index is 0. The molecule has 1 aliphatic heterocycles. The van der Waals surface area contributed by atoms with E-state index < -0.39 is 4.92 Å². The maximum Gasteiger partial charge on any atom is 0.278 e.